The van der Waals surface area contributed by atoms with Crippen molar-refractivity contribution in [2.75, 3.05) is 6.54 Å². The molecular formula is C13H16N6OS. The van der Waals surface area contributed by atoms with Crippen LogP contribution in [0, 0.1) is 0 Å². The predicted molar refractivity (Wildman–Crippen MR) is 78.7 cm³/mol. The second-order valence-electron chi connectivity index (χ2n) is 4.68. The van der Waals surface area contributed by atoms with E-state index >= 15 is 0 Å². The summed E-state index contributed by atoms with van der Waals surface area (Å²) < 4.78 is 6.96. The number of aryl methyl sites for hydroxylation is 1. The number of nitrogens with zero attached hydrogens (tertiary/aromatic N) is 5. The molecule has 0 saturated carbocycles. The van der Waals surface area contributed by atoms with Gasteiger partial charge in [-0.05, 0) is 37.3 Å². The quantitative estimate of drug-likeness (QED) is 0.668. The van der Waals surface area contributed by atoms with Gasteiger partial charge in [-0.15, -0.1) is 5.10 Å². The molecule has 0 aliphatic carbocycles. The molecular weight excluding hydrogens is 288 g/mol. The first kappa shape index (κ1) is 13.9. The minimum Gasteiger partial charge on any atom is -0.334 e. The summed E-state index contributed by atoms with van der Waals surface area (Å²) in [5.41, 5.74) is 7.38. The van der Waals surface area contributed by atoms with E-state index in [0.29, 0.717) is 24.8 Å². The summed E-state index contributed by atoms with van der Waals surface area (Å²) in [7, 11) is 0. The summed E-state index contributed by atoms with van der Waals surface area (Å²) in [5.74, 6) is 1.13. The van der Waals surface area contributed by atoms with E-state index in [2.05, 4.69) is 20.5 Å². The lowest BCUT2D eigenvalue weighted by molar-refractivity contribution is 0.418. The van der Waals surface area contributed by atoms with E-state index in [-0.39, 0.29) is 0 Å². The summed E-state index contributed by atoms with van der Waals surface area (Å²) in [5, 5.41) is 16.1. The van der Waals surface area contributed by atoms with Gasteiger partial charge in [-0.25, -0.2) is 4.68 Å². The average molecular weight is 304 g/mol. The highest BCUT2D eigenvalue weighted by molar-refractivity contribution is 7.08. The molecule has 0 amide bonds. The number of hydrogen-bond donors (Lipinski definition) is 1. The van der Waals surface area contributed by atoms with Gasteiger partial charge in [-0.3, -0.25) is 0 Å². The van der Waals surface area contributed by atoms with E-state index in [0.717, 1.165) is 30.5 Å². The highest BCUT2D eigenvalue weighted by Crippen LogP contribution is 2.19. The lowest BCUT2D eigenvalue weighted by Gasteiger charge is -1.94. The lowest BCUT2D eigenvalue weighted by atomic mass is 10.2. The molecule has 0 aromatic carbocycles. The highest BCUT2D eigenvalue weighted by Gasteiger charge is 2.10. The van der Waals surface area contributed by atoms with E-state index in [1.54, 1.807) is 16.0 Å². The summed E-state index contributed by atoms with van der Waals surface area (Å²) >= 11 is 1.60. The highest BCUT2D eigenvalue weighted by atomic mass is 32.1. The Morgan fingerprint density at radius 1 is 1.33 bits per heavy atom. The van der Waals surface area contributed by atoms with Crippen molar-refractivity contribution in [2.45, 2.75) is 25.8 Å². The minimum atomic E-state index is 0.456. The largest absolute Gasteiger partial charge is 0.334 e. The van der Waals surface area contributed by atoms with Gasteiger partial charge >= 0.3 is 0 Å². The molecule has 0 saturated heterocycles. The van der Waals surface area contributed by atoms with Crippen molar-refractivity contribution >= 4 is 11.3 Å². The van der Waals surface area contributed by atoms with Gasteiger partial charge in [0, 0.05) is 11.6 Å². The Morgan fingerprint density at radius 3 is 3.10 bits per heavy atom. The van der Waals surface area contributed by atoms with Crippen LogP contribution in [-0.2, 0) is 13.0 Å². The van der Waals surface area contributed by atoms with Crippen LogP contribution in [-0.4, -0.2) is 31.7 Å². The number of hydrogen-bond acceptors (Lipinski definition) is 7. The topological polar surface area (TPSA) is 95.7 Å². The Bertz CT molecular complexity index is 674. The van der Waals surface area contributed by atoms with Crippen LogP contribution in [0.5, 0.6) is 0 Å². The molecule has 0 radical (unpaired) electrons. The molecule has 3 aromatic rings. The first-order chi connectivity index (χ1) is 10.3. The van der Waals surface area contributed by atoms with E-state index in [4.69, 9.17) is 10.3 Å². The minimum absolute atomic E-state index is 0.456. The average Bonchev–Trinajstić information content (AvgIpc) is 3.20. The van der Waals surface area contributed by atoms with Crippen LogP contribution in [0.4, 0.5) is 0 Å². The maximum Gasteiger partial charge on any atom is 0.258 e. The van der Waals surface area contributed by atoms with Gasteiger partial charge in [0.05, 0.1) is 11.3 Å². The Kier molecular flexibility index (Phi) is 4.37. The summed E-state index contributed by atoms with van der Waals surface area (Å²) in [6, 6.07) is 1.95. The molecule has 0 atom stereocenters. The molecule has 3 aromatic heterocycles. The zero-order valence-corrected chi connectivity index (χ0v) is 12.3. The Morgan fingerprint density at radius 2 is 2.29 bits per heavy atom. The van der Waals surface area contributed by atoms with Crippen LogP contribution in [0.1, 0.15) is 24.4 Å². The Labute approximate surface area is 125 Å². The zero-order valence-electron chi connectivity index (χ0n) is 11.5. The van der Waals surface area contributed by atoms with Crippen molar-refractivity contribution in [3.63, 3.8) is 0 Å². The van der Waals surface area contributed by atoms with Crippen LogP contribution in [0.2, 0.25) is 0 Å². The summed E-state index contributed by atoms with van der Waals surface area (Å²) in [4.78, 5) is 4.36. The molecule has 0 fully saturated rings. The van der Waals surface area contributed by atoms with Gasteiger partial charge in [0.1, 0.15) is 6.54 Å². The van der Waals surface area contributed by atoms with Gasteiger partial charge in [0.2, 0.25) is 0 Å². The van der Waals surface area contributed by atoms with Crippen LogP contribution < -0.4 is 5.73 Å². The van der Waals surface area contributed by atoms with Crippen molar-refractivity contribution < 1.29 is 4.52 Å². The molecule has 7 nitrogen and oxygen atoms in total. The van der Waals surface area contributed by atoms with Crippen molar-refractivity contribution in [3.8, 4) is 11.5 Å². The molecule has 0 aliphatic rings. The second kappa shape index (κ2) is 6.59. The monoisotopic (exact) mass is 304 g/mol. The molecule has 110 valence electrons. The maximum atomic E-state index is 5.48. The lowest BCUT2D eigenvalue weighted by Crippen LogP contribution is -2.02. The number of rotatable bonds is 7. The maximum absolute atomic E-state index is 5.48. The summed E-state index contributed by atoms with van der Waals surface area (Å²) in [6.07, 6.45) is 4.84. The van der Waals surface area contributed by atoms with Gasteiger partial charge < -0.3 is 10.3 Å². The van der Waals surface area contributed by atoms with Gasteiger partial charge in [0.25, 0.3) is 5.89 Å². The molecule has 3 rings (SSSR count). The van der Waals surface area contributed by atoms with E-state index < -0.39 is 0 Å². The molecule has 0 aliphatic heterocycles. The number of unbranched alkanes of at least 4 members (excludes halogenated alkanes) is 1. The van der Waals surface area contributed by atoms with Crippen LogP contribution in [0.3, 0.4) is 0 Å². The Balaban J connectivity index is 1.61. The van der Waals surface area contributed by atoms with E-state index in [1.165, 1.54) is 0 Å². The fraction of sp³-hybridized carbons (Fsp3) is 0.385. The smallest absolute Gasteiger partial charge is 0.258 e. The van der Waals surface area contributed by atoms with Crippen LogP contribution in [0.25, 0.3) is 11.5 Å². The molecule has 2 N–H and O–H groups in total. The first-order valence-electron chi connectivity index (χ1n) is 6.79. The van der Waals surface area contributed by atoms with Crippen molar-refractivity contribution in [1.82, 2.24) is 25.1 Å². The van der Waals surface area contributed by atoms with Crippen LogP contribution in [0.15, 0.2) is 27.5 Å². The zero-order chi connectivity index (χ0) is 14.5. The van der Waals surface area contributed by atoms with Gasteiger partial charge in [-0.1, -0.05) is 10.4 Å². The van der Waals surface area contributed by atoms with Gasteiger partial charge in [0.15, 0.2) is 5.82 Å². The predicted octanol–water partition coefficient (Wildman–Crippen LogP) is 1.72. The molecule has 0 unspecified atom stereocenters. The number of aromatic nitrogens is 5. The normalized spacial score (nSPS) is 11.1. The van der Waals surface area contributed by atoms with Crippen molar-refractivity contribution in [2.24, 2.45) is 5.73 Å². The van der Waals surface area contributed by atoms with E-state index in [1.807, 2.05) is 23.0 Å². The van der Waals surface area contributed by atoms with Crippen molar-refractivity contribution in [3.05, 3.63) is 34.5 Å². The third-order valence-corrected chi connectivity index (χ3v) is 3.70. The molecule has 3 heterocycles. The van der Waals surface area contributed by atoms with Crippen LogP contribution >= 0.6 is 11.3 Å². The third kappa shape index (κ3) is 3.53. The second-order valence-corrected chi connectivity index (χ2v) is 5.46. The fourth-order valence-corrected chi connectivity index (χ4v) is 2.58. The molecule has 21 heavy (non-hydrogen) atoms. The van der Waals surface area contributed by atoms with Gasteiger partial charge in [-0.2, -0.15) is 16.3 Å². The standard InChI is InChI=1S/C13H16N6OS/c14-5-2-1-3-11-7-19(18-16-11)8-12-15-13(20-17-12)10-4-6-21-9-10/h4,6-7,9H,1-3,5,8,14H2. The summed E-state index contributed by atoms with van der Waals surface area (Å²) in [6.45, 7) is 1.17. The van der Waals surface area contributed by atoms with Crippen molar-refractivity contribution in [1.29, 1.82) is 0 Å². The number of nitrogens with two attached hydrogens (primary N) is 1. The molecule has 0 bridgehead atoms. The molecule has 0 spiro atoms. The number of thiophene rings is 1. The third-order valence-electron chi connectivity index (χ3n) is 3.01. The van der Waals surface area contributed by atoms with E-state index in [9.17, 15) is 0 Å². The Hall–Kier alpha value is -2.06. The SMILES string of the molecule is NCCCCc1cn(Cc2noc(-c3ccsc3)n2)nn1. The fourth-order valence-electron chi connectivity index (χ4n) is 1.95. The molecule has 8 heteroatoms. The first-order valence-corrected chi connectivity index (χ1v) is 7.73.